The van der Waals surface area contributed by atoms with Gasteiger partial charge in [-0.2, -0.15) is 0 Å². The lowest BCUT2D eigenvalue weighted by atomic mass is 10.1. The number of carbonyl (C=O) groups excluding carboxylic acids is 1. The number of carbonyl (C=O) groups is 1. The van der Waals surface area contributed by atoms with Crippen molar-refractivity contribution in [2.45, 2.75) is 13.0 Å². The monoisotopic (exact) mass is 231 g/mol. The van der Waals surface area contributed by atoms with Crippen LogP contribution in [0.1, 0.15) is 12.0 Å². The molecule has 0 amide bonds. The summed E-state index contributed by atoms with van der Waals surface area (Å²) in [6.45, 7) is 0.714. The normalized spacial score (nSPS) is 16.4. The maximum absolute atomic E-state index is 11.3. The van der Waals surface area contributed by atoms with Gasteiger partial charge in [-0.25, -0.2) is 4.79 Å². The van der Waals surface area contributed by atoms with Crippen LogP contribution in [0.5, 0.6) is 0 Å². The summed E-state index contributed by atoms with van der Waals surface area (Å²) >= 11 is 0. The van der Waals surface area contributed by atoms with Gasteiger partial charge in [-0.1, -0.05) is 30.3 Å². The lowest BCUT2D eigenvalue weighted by Gasteiger charge is -2.12. The molecule has 1 aromatic carbocycles. The zero-order valence-corrected chi connectivity index (χ0v) is 9.30. The summed E-state index contributed by atoms with van der Waals surface area (Å²) in [6.07, 6.45) is 1.74. The van der Waals surface area contributed by atoms with E-state index >= 15 is 0 Å². The highest BCUT2D eigenvalue weighted by Gasteiger charge is 2.19. The van der Waals surface area contributed by atoms with E-state index in [1.54, 1.807) is 0 Å². The summed E-state index contributed by atoms with van der Waals surface area (Å²) in [7, 11) is 0. The van der Waals surface area contributed by atoms with E-state index < -0.39 is 5.97 Å². The number of rotatable bonds is 3. The molecule has 88 valence electrons. The van der Waals surface area contributed by atoms with Crippen molar-refractivity contribution < 1.29 is 14.6 Å². The van der Waals surface area contributed by atoms with Crippen LogP contribution in [0.3, 0.4) is 0 Å². The molecule has 2 rings (SSSR count). The smallest absolute Gasteiger partial charge is 0.343 e. The Bertz CT molecular complexity index is 463. The van der Waals surface area contributed by atoms with E-state index in [1.807, 2.05) is 30.3 Å². The molecule has 17 heavy (non-hydrogen) atoms. The summed E-state index contributed by atoms with van der Waals surface area (Å²) in [6, 6.07) is 9.68. The number of aliphatic imine (C=N–C) groups is 1. The molecule has 4 heteroatoms. The molecule has 1 aliphatic heterocycles. The topological polar surface area (TPSA) is 58.9 Å². The largest absolute Gasteiger partial charge is 0.511 e. The number of aliphatic hydroxyl groups is 1. The third-order valence-corrected chi connectivity index (χ3v) is 2.44. The summed E-state index contributed by atoms with van der Waals surface area (Å²) in [5, 5.41) is 9.52. The van der Waals surface area contributed by atoms with E-state index in [-0.39, 0.29) is 17.9 Å². The molecule has 1 aliphatic rings. The lowest BCUT2D eigenvalue weighted by molar-refractivity contribution is -0.139. The number of aliphatic hydroxyl groups excluding tert-OH is 1. The maximum Gasteiger partial charge on any atom is 0.343 e. The molecule has 0 spiro atoms. The van der Waals surface area contributed by atoms with Crippen molar-refractivity contribution in [2.75, 3.05) is 6.61 Å². The quantitative estimate of drug-likeness (QED) is 0.639. The van der Waals surface area contributed by atoms with Gasteiger partial charge in [0.1, 0.15) is 11.3 Å². The molecule has 0 bridgehead atoms. The van der Waals surface area contributed by atoms with Gasteiger partial charge in [0.05, 0.1) is 13.2 Å². The first-order valence-corrected chi connectivity index (χ1v) is 5.40. The van der Waals surface area contributed by atoms with Gasteiger partial charge in [0, 0.05) is 12.6 Å². The summed E-state index contributed by atoms with van der Waals surface area (Å²) in [4.78, 5) is 15.4. The van der Waals surface area contributed by atoms with Gasteiger partial charge in [0.2, 0.25) is 0 Å². The second-order valence-corrected chi connectivity index (χ2v) is 3.70. The van der Waals surface area contributed by atoms with E-state index in [1.165, 1.54) is 6.21 Å². The number of hydrogen-bond acceptors (Lipinski definition) is 4. The second-order valence-electron chi connectivity index (χ2n) is 3.70. The van der Waals surface area contributed by atoms with Crippen molar-refractivity contribution in [3.05, 3.63) is 47.2 Å². The van der Waals surface area contributed by atoms with Gasteiger partial charge in [-0.3, -0.25) is 4.99 Å². The molecule has 0 unspecified atom stereocenters. The molecule has 0 atom stereocenters. The molecular formula is C13H13NO3. The Hall–Kier alpha value is -2.10. The van der Waals surface area contributed by atoms with Crippen molar-refractivity contribution in [3.63, 3.8) is 0 Å². The molecule has 0 fully saturated rings. The van der Waals surface area contributed by atoms with Crippen molar-refractivity contribution >= 4 is 12.2 Å². The van der Waals surface area contributed by atoms with Crippen LogP contribution < -0.4 is 0 Å². The predicted octanol–water partition coefficient (Wildman–Crippen LogP) is 2.02. The van der Waals surface area contributed by atoms with Crippen molar-refractivity contribution in [1.82, 2.24) is 0 Å². The van der Waals surface area contributed by atoms with Gasteiger partial charge >= 0.3 is 5.97 Å². The molecule has 0 radical (unpaired) electrons. The lowest BCUT2D eigenvalue weighted by Crippen LogP contribution is -2.18. The van der Waals surface area contributed by atoms with E-state index in [0.29, 0.717) is 13.0 Å². The van der Waals surface area contributed by atoms with Crippen LogP contribution in [0.4, 0.5) is 0 Å². The molecular weight excluding hydrogens is 218 g/mol. The molecule has 1 N–H and O–H groups in total. The summed E-state index contributed by atoms with van der Waals surface area (Å²) < 4.78 is 4.82. The third kappa shape index (κ3) is 2.93. The Morgan fingerprint density at radius 3 is 2.82 bits per heavy atom. The molecule has 1 aromatic rings. The van der Waals surface area contributed by atoms with Crippen molar-refractivity contribution in [1.29, 1.82) is 0 Å². The molecule has 0 saturated heterocycles. The Morgan fingerprint density at radius 2 is 2.12 bits per heavy atom. The minimum Gasteiger partial charge on any atom is -0.511 e. The Balaban J connectivity index is 2.03. The van der Waals surface area contributed by atoms with Gasteiger partial charge < -0.3 is 9.84 Å². The highest BCUT2D eigenvalue weighted by atomic mass is 16.5. The van der Waals surface area contributed by atoms with Crippen LogP contribution in [0.2, 0.25) is 0 Å². The highest BCUT2D eigenvalue weighted by Crippen LogP contribution is 2.12. The zero-order chi connectivity index (χ0) is 12.1. The number of nitrogens with zero attached hydrogens (tertiary/aromatic N) is 1. The standard InChI is InChI=1S/C13H13NO3/c15-12-6-7-17-13(16)11(12)9-14-8-10-4-2-1-3-5-10/h1-5,9,15H,6-8H2. The van der Waals surface area contributed by atoms with Crippen LogP contribution >= 0.6 is 0 Å². The fourth-order valence-corrected chi connectivity index (χ4v) is 1.52. The Kier molecular flexibility index (Phi) is 3.55. The fraction of sp³-hybridized carbons (Fsp3) is 0.231. The number of benzene rings is 1. The number of cyclic esters (lactones) is 1. The molecule has 0 aromatic heterocycles. The van der Waals surface area contributed by atoms with E-state index in [9.17, 15) is 9.90 Å². The third-order valence-electron chi connectivity index (χ3n) is 2.44. The fourth-order valence-electron chi connectivity index (χ4n) is 1.52. The first kappa shape index (κ1) is 11.4. The van der Waals surface area contributed by atoms with Crippen LogP contribution in [-0.4, -0.2) is 23.9 Å². The van der Waals surface area contributed by atoms with E-state index in [0.717, 1.165) is 5.56 Å². The van der Waals surface area contributed by atoms with Crippen molar-refractivity contribution in [3.8, 4) is 0 Å². The Labute approximate surface area is 99.3 Å². The second kappa shape index (κ2) is 5.30. The van der Waals surface area contributed by atoms with Gasteiger partial charge in [0.25, 0.3) is 0 Å². The molecule has 0 saturated carbocycles. The van der Waals surface area contributed by atoms with Gasteiger partial charge in [-0.15, -0.1) is 0 Å². The molecule has 0 aliphatic carbocycles. The average molecular weight is 231 g/mol. The SMILES string of the molecule is O=C1OCCC(O)=C1C=NCc1ccccc1. The number of ether oxygens (including phenoxy) is 1. The number of esters is 1. The molecule has 1 heterocycles. The van der Waals surface area contributed by atoms with Crippen LogP contribution in [0.15, 0.2) is 46.7 Å². The van der Waals surface area contributed by atoms with Crippen LogP contribution in [-0.2, 0) is 16.1 Å². The number of hydrogen-bond donors (Lipinski definition) is 1. The first-order valence-electron chi connectivity index (χ1n) is 5.40. The van der Waals surface area contributed by atoms with E-state index in [4.69, 9.17) is 4.74 Å². The van der Waals surface area contributed by atoms with Crippen LogP contribution in [0, 0.1) is 0 Å². The highest BCUT2D eigenvalue weighted by molar-refractivity contribution is 6.10. The zero-order valence-electron chi connectivity index (χ0n) is 9.30. The average Bonchev–Trinajstić information content (AvgIpc) is 2.34. The van der Waals surface area contributed by atoms with Gasteiger partial charge in [0.15, 0.2) is 0 Å². The van der Waals surface area contributed by atoms with Gasteiger partial charge in [-0.05, 0) is 5.56 Å². The molecule has 4 nitrogen and oxygen atoms in total. The van der Waals surface area contributed by atoms with E-state index in [2.05, 4.69) is 4.99 Å². The predicted molar refractivity (Wildman–Crippen MR) is 63.9 cm³/mol. The Morgan fingerprint density at radius 1 is 1.35 bits per heavy atom. The minimum atomic E-state index is -0.509. The van der Waals surface area contributed by atoms with Crippen LogP contribution in [0.25, 0.3) is 0 Å². The summed E-state index contributed by atoms with van der Waals surface area (Å²) in [5.74, 6) is -0.455. The first-order chi connectivity index (χ1) is 8.27. The maximum atomic E-state index is 11.3. The summed E-state index contributed by atoms with van der Waals surface area (Å²) in [5.41, 5.74) is 1.21. The van der Waals surface area contributed by atoms with Crippen molar-refractivity contribution in [2.24, 2.45) is 4.99 Å². The minimum absolute atomic E-state index is 0.0538.